The molecule has 0 aliphatic heterocycles. The smallest absolute Gasteiger partial charge is 0.319 e. The van der Waals surface area contributed by atoms with Gasteiger partial charge in [0, 0.05) is 43.8 Å². The number of aromatic nitrogens is 3. The molecule has 2 aromatic rings. The van der Waals surface area contributed by atoms with Gasteiger partial charge in [0.05, 0.1) is 12.8 Å². The van der Waals surface area contributed by atoms with Crippen LogP contribution in [0.5, 0.6) is 0 Å². The summed E-state index contributed by atoms with van der Waals surface area (Å²) in [4.78, 5) is 25.2. The molecule has 0 radical (unpaired) electrons. The Morgan fingerprint density at radius 1 is 1.10 bits per heavy atom. The van der Waals surface area contributed by atoms with Gasteiger partial charge >= 0.3 is 5.97 Å². The quantitative estimate of drug-likeness (QED) is 0.342. The van der Waals surface area contributed by atoms with Gasteiger partial charge in [0.1, 0.15) is 5.92 Å². The maximum absolute atomic E-state index is 13.5. The zero-order chi connectivity index (χ0) is 22.5. The molecule has 1 N–H and O–H groups in total. The Labute approximate surface area is 177 Å². The van der Waals surface area contributed by atoms with Crippen molar-refractivity contribution in [1.29, 1.82) is 0 Å². The number of hydrogen-bond acceptors (Lipinski definition) is 8. The van der Waals surface area contributed by atoms with Gasteiger partial charge in [0.2, 0.25) is 12.2 Å². The number of rotatable bonds is 10. The summed E-state index contributed by atoms with van der Waals surface area (Å²) < 4.78 is 54.2. The van der Waals surface area contributed by atoms with Gasteiger partial charge in [0.15, 0.2) is 6.29 Å². The maximum atomic E-state index is 13.5. The monoisotopic (exact) mass is 440 g/mol. The number of anilines is 1. The number of alkyl halides is 3. The number of halogens is 3. The summed E-state index contributed by atoms with van der Waals surface area (Å²) in [5.74, 6) is -1.78. The van der Waals surface area contributed by atoms with Gasteiger partial charge < -0.3 is 19.5 Å². The number of carbonyl (C=O) groups is 1. The first-order chi connectivity index (χ1) is 14.9. The van der Waals surface area contributed by atoms with Gasteiger partial charge in [-0.25, -0.2) is 23.1 Å². The predicted molar refractivity (Wildman–Crippen MR) is 103 cm³/mol. The van der Waals surface area contributed by atoms with Gasteiger partial charge in [-0.1, -0.05) is 6.07 Å². The Hall–Kier alpha value is -2.79. The lowest BCUT2D eigenvalue weighted by Gasteiger charge is -2.22. The van der Waals surface area contributed by atoms with Gasteiger partial charge in [-0.05, 0) is 24.5 Å². The molecule has 0 aromatic carbocycles. The number of hydrogen-bond donors (Lipinski definition) is 1. The summed E-state index contributed by atoms with van der Waals surface area (Å²) >= 11 is 0. The molecule has 0 amide bonds. The Morgan fingerprint density at radius 3 is 2.32 bits per heavy atom. The average molecular weight is 440 g/mol. The molecule has 31 heavy (non-hydrogen) atoms. The molecule has 2 aromatic heterocycles. The summed E-state index contributed by atoms with van der Waals surface area (Å²) in [6, 6.07) is 3.55. The Kier molecular flexibility index (Phi) is 7.39. The molecule has 11 heteroatoms. The molecule has 0 spiro atoms. The molecule has 8 nitrogen and oxygen atoms in total. The van der Waals surface area contributed by atoms with Crippen molar-refractivity contribution in [1.82, 2.24) is 15.0 Å². The van der Waals surface area contributed by atoms with Gasteiger partial charge in [-0.2, -0.15) is 0 Å². The van der Waals surface area contributed by atoms with E-state index in [1.165, 1.54) is 27.5 Å². The highest BCUT2D eigenvalue weighted by atomic mass is 19.3. The van der Waals surface area contributed by atoms with Crippen LogP contribution >= 0.6 is 0 Å². The van der Waals surface area contributed by atoms with E-state index in [0.717, 1.165) is 18.5 Å². The van der Waals surface area contributed by atoms with Crippen LogP contribution in [0.1, 0.15) is 53.5 Å². The zero-order valence-corrected chi connectivity index (χ0v) is 17.2. The van der Waals surface area contributed by atoms with Crippen LogP contribution in [-0.2, 0) is 19.0 Å². The minimum absolute atomic E-state index is 0.0560. The highest BCUT2D eigenvalue weighted by Gasteiger charge is 2.33. The minimum Gasteiger partial charge on any atom is -0.468 e. The number of ether oxygens (including phenoxy) is 3. The van der Waals surface area contributed by atoms with E-state index in [4.69, 9.17) is 14.2 Å². The molecular weight excluding hydrogens is 417 g/mol. The van der Waals surface area contributed by atoms with E-state index in [0.29, 0.717) is 11.5 Å². The number of nitrogens with one attached hydrogen (secondary N) is 1. The van der Waals surface area contributed by atoms with Crippen LogP contribution in [-0.4, -0.2) is 55.0 Å². The highest BCUT2D eigenvalue weighted by molar-refractivity contribution is 5.82. The molecule has 1 aliphatic carbocycles. The van der Waals surface area contributed by atoms with E-state index in [1.54, 1.807) is 12.3 Å². The Morgan fingerprint density at radius 2 is 1.81 bits per heavy atom. The summed E-state index contributed by atoms with van der Waals surface area (Å²) in [7, 11) is 3.95. The summed E-state index contributed by atoms with van der Waals surface area (Å²) in [6.45, 7) is 0. The lowest BCUT2D eigenvalue weighted by molar-refractivity contribution is -0.141. The summed E-state index contributed by atoms with van der Waals surface area (Å²) in [5, 5.41) is 1.89. The Bertz CT molecular complexity index is 892. The van der Waals surface area contributed by atoms with Gasteiger partial charge in [0.25, 0.3) is 6.43 Å². The van der Waals surface area contributed by atoms with Crippen molar-refractivity contribution >= 4 is 11.9 Å². The maximum Gasteiger partial charge on any atom is 0.319 e. The van der Waals surface area contributed by atoms with Crippen LogP contribution in [0, 0.1) is 0 Å². The second-order valence-corrected chi connectivity index (χ2v) is 6.96. The van der Waals surface area contributed by atoms with Crippen molar-refractivity contribution in [2.24, 2.45) is 0 Å². The van der Waals surface area contributed by atoms with Crippen molar-refractivity contribution in [2.45, 2.75) is 43.7 Å². The van der Waals surface area contributed by atoms with Crippen LogP contribution in [0.3, 0.4) is 0 Å². The average Bonchev–Trinajstić information content (AvgIpc) is 3.61. The van der Waals surface area contributed by atoms with E-state index < -0.39 is 36.8 Å². The Balaban J connectivity index is 2.08. The fraction of sp³-hybridized carbons (Fsp3) is 0.500. The topological polar surface area (TPSA) is 95.5 Å². The van der Waals surface area contributed by atoms with E-state index in [2.05, 4.69) is 15.0 Å². The molecule has 0 bridgehead atoms. The SMILES string of the molecule is COC(=O)C(c1ccc(C2CC2)nc1)c1nc(NC(F)C(F)F)ncc1C(OC)OC. The summed E-state index contributed by atoms with van der Waals surface area (Å²) in [6.07, 6.45) is -2.04. The number of carbonyl (C=O) groups excluding carboxylic acids is 1. The van der Waals surface area contributed by atoms with Crippen LogP contribution in [0.4, 0.5) is 19.1 Å². The zero-order valence-electron chi connectivity index (χ0n) is 17.2. The fourth-order valence-corrected chi connectivity index (χ4v) is 3.15. The molecule has 168 valence electrons. The van der Waals surface area contributed by atoms with Crippen molar-refractivity contribution in [2.75, 3.05) is 26.6 Å². The van der Waals surface area contributed by atoms with Crippen molar-refractivity contribution in [3.8, 4) is 0 Å². The van der Waals surface area contributed by atoms with Crippen LogP contribution in [0.2, 0.25) is 0 Å². The first-order valence-electron chi connectivity index (χ1n) is 9.54. The second-order valence-electron chi connectivity index (χ2n) is 6.96. The first-order valence-corrected chi connectivity index (χ1v) is 9.54. The largest absolute Gasteiger partial charge is 0.468 e. The third kappa shape index (κ3) is 5.28. The minimum atomic E-state index is -3.28. The molecule has 2 unspecified atom stereocenters. The second kappa shape index (κ2) is 10.0. The number of pyridine rings is 1. The molecule has 1 aliphatic rings. The van der Waals surface area contributed by atoms with Gasteiger partial charge in [-0.3, -0.25) is 9.78 Å². The van der Waals surface area contributed by atoms with E-state index in [1.807, 2.05) is 11.4 Å². The van der Waals surface area contributed by atoms with E-state index in [-0.39, 0.29) is 11.3 Å². The number of nitrogens with zero attached hydrogens (tertiary/aromatic N) is 3. The van der Waals surface area contributed by atoms with Crippen LogP contribution in [0.25, 0.3) is 0 Å². The first kappa shape index (κ1) is 22.9. The molecule has 2 atom stereocenters. The highest BCUT2D eigenvalue weighted by Crippen LogP contribution is 2.39. The standard InChI is InChI=1S/C20H23F3N4O4/c1-29-18(28)14(11-6-7-13(24-8-11)10-4-5-10)15-12(19(30-2)31-3)9-25-20(26-15)27-17(23)16(21)22/h6-10,14,16-17,19H,4-5H2,1-3H3,(H,25,26,27). The van der Waals surface area contributed by atoms with E-state index >= 15 is 0 Å². The lowest BCUT2D eigenvalue weighted by Crippen LogP contribution is -2.26. The molecule has 3 rings (SSSR count). The molecular formula is C20H23F3N4O4. The lowest BCUT2D eigenvalue weighted by atomic mass is 9.93. The number of methoxy groups -OCH3 is 3. The van der Waals surface area contributed by atoms with Crippen LogP contribution < -0.4 is 5.32 Å². The third-order valence-electron chi connectivity index (χ3n) is 4.87. The third-order valence-corrected chi connectivity index (χ3v) is 4.87. The van der Waals surface area contributed by atoms with Crippen LogP contribution in [0.15, 0.2) is 24.5 Å². The molecule has 1 fully saturated rings. The predicted octanol–water partition coefficient (Wildman–Crippen LogP) is 3.32. The van der Waals surface area contributed by atoms with Gasteiger partial charge in [-0.15, -0.1) is 0 Å². The van der Waals surface area contributed by atoms with E-state index in [9.17, 15) is 18.0 Å². The molecule has 0 saturated heterocycles. The number of esters is 1. The van der Waals surface area contributed by atoms with Crippen molar-refractivity contribution in [3.05, 3.63) is 47.0 Å². The van der Waals surface area contributed by atoms with Crippen molar-refractivity contribution < 1.29 is 32.2 Å². The molecule has 1 saturated carbocycles. The molecule has 2 heterocycles. The fourth-order valence-electron chi connectivity index (χ4n) is 3.15. The normalized spacial score (nSPS) is 15.7. The van der Waals surface area contributed by atoms with Crippen molar-refractivity contribution in [3.63, 3.8) is 0 Å². The summed E-state index contributed by atoms with van der Waals surface area (Å²) in [5.41, 5.74) is 1.69.